The van der Waals surface area contributed by atoms with E-state index in [1.54, 1.807) is 6.92 Å². The number of thiophene rings is 1. The van der Waals surface area contributed by atoms with Crippen LogP contribution < -0.4 is 5.32 Å². The fraction of sp³-hybridized carbons (Fsp3) is 0.400. The maximum Gasteiger partial charge on any atom is 0.341 e. The number of nitro benzene ring substituents is 1. The molecule has 1 N–H and O–H groups in total. The Hall–Kier alpha value is -2.45. The van der Waals surface area contributed by atoms with Crippen molar-refractivity contribution in [2.75, 3.05) is 11.9 Å². The van der Waals surface area contributed by atoms with Gasteiger partial charge in [0.1, 0.15) is 10.0 Å². The molecule has 1 aliphatic rings. The highest BCUT2D eigenvalue weighted by atomic mass is 35.5. The first-order chi connectivity index (χ1) is 13.9. The number of aryl methyl sites for hydroxylation is 1. The van der Waals surface area contributed by atoms with Crippen LogP contribution in [0.1, 0.15) is 63.8 Å². The third-order valence-corrected chi connectivity index (χ3v) is 6.31. The number of hydrogen-bond acceptors (Lipinski definition) is 6. The van der Waals surface area contributed by atoms with Gasteiger partial charge in [0.05, 0.1) is 17.1 Å². The van der Waals surface area contributed by atoms with Gasteiger partial charge in [-0.05, 0) is 50.3 Å². The molecule has 1 amide bonds. The number of halogens is 1. The summed E-state index contributed by atoms with van der Waals surface area (Å²) in [6, 6.07) is 3.86. The fourth-order valence-electron chi connectivity index (χ4n) is 3.40. The summed E-state index contributed by atoms with van der Waals surface area (Å²) in [6.07, 6.45) is 5.88. The molecule has 7 nitrogen and oxygen atoms in total. The lowest BCUT2D eigenvalue weighted by Crippen LogP contribution is -2.15. The first-order valence-electron chi connectivity index (χ1n) is 9.49. The lowest BCUT2D eigenvalue weighted by atomic mass is 9.96. The number of carbonyl (C=O) groups is 2. The molecule has 0 saturated heterocycles. The number of ether oxygens (including phenoxy) is 1. The highest BCUT2D eigenvalue weighted by molar-refractivity contribution is 7.17. The number of nitrogens with zero attached hydrogens (tertiary/aromatic N) is 1. The summed E-state index contributed by atoms with van der Waals surface area (Å²) >= 11 is 7.21. The smallest absolute Gasteiger partial charge is 0.341 e. The molecule has 0 atom stereocenters. The van der Waals surface area contributed by atoms with Gasteiger partial charge in [0.25, 0.3) is 11.6 Å². The van der Waals surface area contributed by atoms with E-state index in [1.807, 2.05) is 0 Å². The highest BCUT2D eigenvalue weighted by Gasteiger charge is 2.27. The van der Waals surface area contributed by atoms with E-state index in [-0.39, 0.29) is 22.9 Å². The van der Waals surface area contributed by atoms with Crippen molar-refractivity contribution in [3.8, 4) is 0 Å². The predicted molar refractivity (Wildman–Crippen MR) is 112 cm³/mol. The van der Waals surface area contributed by atoms with Crippen molar-refractivity contribution in [3.63, 3.8) is 0 Å². The number of nitrogens with one attached hydrogen (secondary N) is 1. The van der Waals surface area contributed by atoms with Crippen LogP contribution in [0.3, 0.4) is 0 Å². The molecule has 1 heterocycles. The topological polar surface area (TPSA) is 98.5 Å². The van der Waals surface area contributed by atoms with Crippen LogP contribution in [-0.2, 0) is 17.6 Å². The second kappa shape index (κ2) is 9.37. The molecule has 0 radical (unpaired) electrons. The van der Waals surface area contributed by atoms with Gasteiger partial charge in [0.15, 0.2) is 0 Å². The number of carbonyl (C=O) groups excluding carboxylic acids is 2. The molecule has 154 valence electrons. The Morgan fingerprint density at radius 3 is 2.66 bits per heavy atom. The standard InChI is InChI=1S/C20H21ClN2O5S/c1-2-28-20(25)17-13-7-5-3-4-6-8-16(13)29-19(17)22-18(24)12-9-10-14(21)15(11-12)23(26)27/h9-11H,2-8H2,1H3,(H,22,24). The molecule has 3 rings (SSSR count). The Morgan fingerprint density at radius 2 is 1.97 bits per heavy atom. The number of benzene rings is 1. The average molecular weight is 437 g/mol. The van der Waals surface area contributed by atoms with E-state index in [1.165, 1.54) is 23.5 Å². The van der Waals surface area contributed by atoms with Gasteiger partial charge < -0.3 is 10.1 Å². The van der Waals surface area contributed by atoms with E-state index < -0.39 is 16.8 Å². The van der Waals surface area contributed by atoms with Crippen LogP contribution in [0.2, 0.25) is 5.02 Å². The van der Waals surface area contributed by atoms with Crippen LogP contribution in [0.5, 0.6) is 0 Å². The lowest BCUT2D eigenvalue weighted by Gasteiger charge is -2.11. The van der Waals surface area contributed by atoms with Gasteiger partial charge in [-0.3, -0.25) is 14.9 Å². The highest BCUT2D eigenvalue weighted by Crippen LogP contribution is 2.38. The molecular weight excluding hydrogens is 416 g/mol. The maximum absolute atomic E-state index is 12.8. The van der Waals surface area contributed by atoms with E-state index in [9.17, 15) is 19.7 Å². The number of esters is 1. The summed E-state index contributed by atoms with van der Waals surface area (Å²) in [6.45, 7) is 1.97. The minimum Gasteiger partial charge on any atom is -0.462 e. The van der Waals surface area contributed by atoms with Crippen LogP contribution in [0, 0.1) is 10.1 Å². The van der Waals surface area contributed by atoms with Crippen LogP contribution in [0.25, 0.3) is 0 Å². The van der Waals surface area contributed by atoms with Crippen LogP contribution in [0.4, 0.5) is 10.7 Å². The minimum atomic E-state index is -0.639. The quantitative estimate of drug-likeness (QED) is 0.384. The van der Waals surface area contributed by atoms with Gasteiger partial charge in [-0.15, -0.1) is 11.3 Å². The molecule has 0 spiro atoms. The number of anilines is 1. The summed E-state index contributed by atoms with van der Waals surface area (Å²) in [5.74, 6) is -0.993. The predicted octanol–water partition coefficient (Wildman–Crippen LogP) is 5.40. The molecule has 0 fully saturated rings. The lowest BCUT2D eigenvalue weighted by molar-refractivity contribution is -0.384. The summed E-state index contributed by atoms with van der Waals surface area (Å²) in [5.41, 5.74) is 1.11. The van der Waals surface area contributed by atoms with Gasteiger partial charge in [-0.1, -0.05) is 24.4 Å². The molecule has 29 heavy (non-hydrogen) atoms. The largest absolute Gasteiger partial charge is 0.462 e. The number of nitro groups is 1. The van der Waals surface area contributed by atoms with E-state index >= 15 is 0 Å². The van der Waals surface area contributed by atoms with Crippen molar-refractivity contribution in [1.29, 1.82) is 0 Å². The van der Waals surface area contributed by atoms with Crippen molar-refractivity contribution < 1.29 is 19.2 Å². The van der Waals surface area contributed by atoms with Gasteiger partial charge in [0, 0.05) is 16.5 Å². The number of fused-ring (bicyclic) bond motifs is 1. The summed E-state index contributed by atoms with van der Waals surface area (Å²) in [5, 5.41) is 14.2. The van der Waals surface area contributed by atoms with Crippen LogP contribution >= 0.6 is 22.9 Å². The van der Waals surface area contributed by atoms with Gasteiger partial charge in [-0.25, -0.2) is 4.79 Å². The number of rotatable bonds is 5. The SMILES string of the molecule is CCOC(=O)c1c(NC(=O)c2ccc(Cl)c([N+](=O)[O-])c2)sc2c1CCCCCC2. The van der Waals surface area contributed by atoms with E-state index in [4.69, 9.17) is 16.3 Å². The summed E-state index contributed by atoms with van der Waals surface area (Å²) in [7, 11) is 0. The third kappa shape index (κ3) is 4.76. The van der Waals surface area contributed by atoms with Gasteiger partial charge >= 0.3 is 5.97 Å². The fourth-order valence-corrected chi connectivity index (χ4v) is 4.85. The Labute approximate surface area is 177 Å². The Bertz CT molecular complexity index is 957. The van der Waals surface area contributed by atoms with Crippen molar-refractivity contribution >= 4 is 45.5 Å². The zero-order valence-corrected chi connectivity index (χ0v) is 17.5. The molecule has 0 saturated carbocycles. The molecule has 0 aliphatic heterocycles. The molecule has 1 aliphatic carbocycles. The molecule has 2 aromatic rings. The first-order valence-corrected chi connectivity index (χ1v) is 10.7. The monoisotopic (exact) mass is 436 g/mol. The molecule has 0 bridgehead atoms. The Kier molecular flexibility index (Phi) is 6.87. The first kappa shape index (κ1) is 21.3. The average Bonchev–Trinajstić information content (AvgIpc) is 2.98. The molecule has 1 aromatic heterocycles. The second-order valence-electron chi connectivity index (χ2n) is 6.72. The normalized spacial score (nSPS) is 13.7. The minimum absolute atomic E-state index is 0.0437. The van der Waals surface area contributed by atoms with E-state index in [0.717, 1.165) is 55.0 Å². The van der Waals surface area contributed by atoms with Gasteiger partial charge in [0.2, 0.25) is 0 Å². The molecule has 9 heteroatoms. The van der Waals surface area contributed by atoms with Gasteiger partial charge in [-0.2, -0.15) is 0 Å². The van der Waals surface area contributed by atoms with Crippen molar-refractivity contribution in [3.05, 3.63) is 54.9 Å². The maximum atomic E-state index is 12.8. The van der Waals surface area contributed by atoms with E-state index in [2.05, 4.69) is 5.32 Å². The number of amides is 1. The van der Waals surface area contributed by atoms with Crippen molar-refractivity contribution in [2.24, 2.45) is 0 Å². The van der Waals surface area contributed by atoms with Crippen LogP contribution in [0.15, 0.2) is 18.2 Å². The third-order valence-electron chi connectivity index (χ3n) is 4.78. The number of hydrogen-bond donors (Lipinski definition) is 1. The Morgan fingerprint density at radius 1 is 1.24 bits per heavy atom. The van der Waals surface area contributed by atoms with E-state index in [0.29, 0.717) is 10.6 Å². The summed E-state index contributed by atoms with van der Waals surface area (Å²) in [4.78, 5) is 36.9. The van der Waals surface area contributed by atoms with Crippen molar-refractivity contribution in [2.45, 2.75) is 45.4 Å². The summed E-state index contributed by atoms with van der Waals surface area (Å²) < 4.78 is 5.23. The molecule has 1 aromatic carbocycles. The second-order valence-corrected chi connectivity index (χ2v) is 8.23. The zero-order chi connectivity index (χ0) is 21.0. The Balaban J connectivity index is 1.96. The van der Waals surface area contributed by atoms with Crippen LogP contribution in [-0.4, -0.2) is 23.4 Å². The van der Waals surface area contributed by atoms with Crippen molar-refractivity contribution in [1.82, 2.24) is 0 Å². The molecular formula is C20H21ClN2O5S. The molecule has 0 unspecified atom stereocenters. The zero-order valence-electron chi connectivity index (χ0n) is 16.0.